The third kappa shape index (κ3) is 18.4. The number of nitrogens with zero attached hydrogens (tertiary/aromatic N) is 1. The first-order valence-electron chi connectivity index (χ1n) is 3.72. The summed E-state index contributed by atoms with van der Waals surface area (Å²) in [6, 6.07) is 0. The molecule has 0 aromatic rings. The molecule has 0 aliphatic rings. The first kappa shape index (κ1) is 15.0. The lowest BCUT2D eigenvalue weighted by Crippen LogP contribution is -2.21. The summed E-state index contributed by atoms with van der Waals surface area (Å²) in [5, 5.41) is 0. The van der Waals surface area contributed by atoms with Gasteiger partial charge in [0.25, 0.3) is 0 Å². The minimum atomic E-state index is 0.271. The smallest absolute Gasteiger partial charge is 0.304 e. The van der Waals surface area contributed by atoms with Crippen molar-refractivity contribution in [1.82, 2.24) is 4.90 Å². The fraction of sp³-hybridized carbons (Fsp3) is 1.00. The average Bonchev–Trinajstić information content (AvgIpc) is 1.90. The van der Waals surface area contributed by atoms with E-state index < -0.39 is 0 Å². The highest BCUT2D eigenvalue weighted by Crippen LogP contribution is 2.07. The maximum Gasteiger partial charge on any atom is 0.369 e. The molecule has 0 amide bonds. The van der Waals surface area contributed by atoms with Gasteiger partial charge < -0.3 is 4.90 Å². The predicted octanol–water partition coefficient (Wildman–Crippen LogP) is 3.50. The molecule has 0 fully saturated rings. The molecule has 0 bridgehead atoms. The first-order chi connectivity index (χ1) is 5.08. The van der Waals surface area contributed by atoms with E-state index in [1.165, 1.54) is 19.6 Å². The summed E-state index contributed by atoms with van der Waals surface area (Å²) in [7, 11) is 0. The molecule has 0 radical (unpaired) electrons. The molecule has 0 aliphatic carbocycles. The predicted molar refractivity (Wildman–Crippen MR) is 66.0 cm³/mol. The van der Waals surface area contributed by atoms with Crippen LogP contribution in [0.3, 0.4) is 0 Å². The van der Waals surface area contributed by atoms with Crippen LogP contribution in [0.5, 0.6) is 0 Å². The van der Waals surface area contributed by atoms with E-state index in [1.54, 1.807) is 0 Å². The van der Waals surface area contributed by atoms with Crippen LogP contribution >= 0.6 is 47.3 Å². The first-order valence-corrected chi connectivity index (χ1v) is 6.47. The highest BCUT2D eigenvalue weighted by Gasteiger charge is 1.89. The summed E-state index contributed by atoms with van der Waals surface area (Å²) >= 11 is 9.31. The third-order valence-corrected chi connectivity index (χ3v) is 1.34. The van der Waals surface area contributed by atoms with Crippen molar-refractivity contribution in [3.05, 3.63) is 0 Å². The second kappa shape index (κ2) is 11.5. The fourth-order valence-corrected chi connectivity index (χ4v) is 0.671. The Kier molecular flexibility index (Phi) is 15.6. The van der Waals surface area contributed by atoms with E-state index >= 15 is 0 Å². The summed E-state index contributed by atoms with van der Waals surface area (Å²) in [6.07, 6.45) is 0. The van der Waals surface area contributed by atoms with Gasteiger partial charge in [-0.1, -0.05) is 20.8 Å². The van der Waals surface area contributed by atoms with E-state index in [9.17, 15) is 0 Å². The summed E-state index contributed by atoms with van der Waals surface area (Å²) in [5.74, 6) is 0. The Hall–Kier alpha value is 1.46. The van der Waals surface area contributed by atoms with E-state index in [4.69, 9.17) is 0 Å². The molecule has 68 valence electrons. The third-order valence-electron chi connectivity index (χ3n) is 1.34. The molecule has 1 nitrogen and oxygen atoms in total. The lowest BCUT2D eigenvalue weighted by atomic mass is 10.5. The van der Waals surface area contributed by atoms with Crippen molar-refractivity contribution < 1.29 is 0 Å². The molecule has 0 N–H and O–H groups in total. The van der Waals surface area contributed by atoms with E-state index in [1.807, 2.05) is 0 Å². The van der Waals surface area contributed by atoms with Crippen molar-refractivity contribution in [2.45, 2.75) is 20.8 Å². The molecule has 0 spiro atoms. The second-order valence-corrected chi connectivity index (χ2v) is 8.30. The molecule has 0 saturated heterocycles. The van der Waals surface area contributed by atoms with Gasteiger partial charge in [-0.2, -0.15) is 0 Å². The SMILES string of the molecule is BrB(Br)Br.CCN(CC)CC. The van der Waals surface area contributed by atoms with E-state index in [-0.39, 0.29) is 3.18 Å². The van der Waals surface area contributed by atoms with Crippen LogP contribution < -0.4 is 0 Å². The summed E-state index contributed by atoms with van der Waals surface area (Å²) < 4.78 is 0.271. The van der Waals surface area contributed by atoms with Crippen molar-refractivity contribution in [3.8, 4) is 0 Å². The van der Waals surface area contributed by atoms with Crippen molar-refractivity contribution in [3.63, 3.8) is 0 Å². The van der Waals surface area contributed by atoms with Gasteiger partial charge in [-0.25, -0.2) is 0 Å². The molecule has 0 rings (SSSR count). The number of hydrogen-bond acceptors (Lipinski definition) is 1. The molecular formula is C6H15BBr3N. The molecule has 0 saturated carbocycles. The van der Waals surface area contributed by atoms with Gasteiger partial charge in [0, 0.05) is 0 Å². The molecule has 0 heterocycles. The Balaban J connectivity index is 0. The van der Waals surface area contributed by atoms with Crippen LogP contribution in [-0.2, 0) is 0 Å². The Bertz CT molecular complexity index is 60.6. The Morgan fingerprint density at radius 1 is 0.909 bits per heavy atom. The van der Waals surface area contributed by atoms with Gasteiger partial charge in [0.05, 0.1) is 0 Å². The zero-order valence-corrected chi connectivity index (χ0v) is 12.0. The van der Waals surface area contributed by atoms with Gasteiger partial charge in [0.2, 0.25) is 0 Å². The largest absolute Gasteiger partial charge is 0.369 e. The highest BCUT2D eigenvalue weighted by atomic mass is 79.9. The Morgan fingerprint density at radius 3 is 1.09 bits per heavy atom. The second-order valence-electron chi connectivity index (χ2n) is 1.87. The van der Waals surface area contributed by atoms with E-state index in [2.05, 4.69) is 72.9 Å². The fourth-order valence-electron chi connectivity index (χ4n) is 0.671. The molecule has 0 aromatic heterocycles. The van der Waals surface area contributed by atoms with Crippen LogP contribution in [0.1, 0.15) is 20.8 Å². The molecule has 0 unspecified atom stereocenters. The van der Waals surface area contributed by atoms with Gasteiger partial charge in [0.1, 0.15) is 0 Å². The maximum atomic E-state index is 3.10. The number of halogens is 3. The van der Waals surface area contributed by atoms with Crippen LogP contribution in [0.15, 0.2) is 0 Å². The quantitative estimate of drug-likeness (QED) is 0.703. The Labute approximate surface area is 95.3 Å². The van der Waals surface area contributed by atoms with Crippen LogP contribution in [0.25, 0.3) is 0 Å². The standard InChI is InChI=1S/C6H15N.BBr3/c1-4-7(5-2)6-3;2-1(3)4/h4-6H2,1-3H3;. The summed E-state index contributed by atoms with van der Waals surface area (Å²) in [6.45, 7) is 10.1. The normalized spacial score (nSPS) is 9.00. The van der Waals surface area contributed by atoms with Gasteiger partial charge in [-0.3, -0.25) is 0 Å². The van der Waals surface area contributed by atoms with Gasteiger partial charge in [-0.15, -0.1) is 47.3 Å². The molecule has 0 atom stereocenters. The monoisotopic (exact) mass is 349 g/mol. The summed E-state index contributed by atoms with van der Waals surface area (Å²) in [4.78, 5) is 2.38. The number of hydrogen-bond donors (Lipinski definition) is 0. The van der Waals surface area contributed by atoms with Gasteiger partial charge in [0.15, 0.2) is 0 Å². The molecule has 11 heavy (non-hydrogen) atoms. The van der Waals surface area contributed by atoms with Crippen molar-refractivity contribution >= 4 is 50.5 Å². The maximum absolute atomic E-state index is 3.10. The van der Waals surface area contributed by atoms with Crippen LogP contribution in [-0.4, -0.2) is 27.7 Å². The van der Waals surface area contributed by atoms with Crippen molar-refractivity contribution in [2.24, 2.45) is 0 Å². The minimum absolute atomic E-state index is 0.271. The molecule has 0 aliphatic heterocycles. The number of rotatable bonds is 3. The lowest BCUT2D eigenvalue weighted by Gasteiger charge is -2.13. The topological polar surface area (TPSA) is 3.24 Å². The van der Waals surface area contributed by atoms with E-state index in [0.717, 1.165) is 0 Å². The van der Waals surface area contributed by atoms with Crippen molar-refractivity contribution in [2.75, 3.05) is 19.6 Å². The average molecular weight is 352 g/mol. The van der Waals surface area contributed by atoms with Gasteiger partial charge >= 0.3 is 3.18 Å². The molecule has 0 aromatic carbocycles. The minimum Gasteiger partial charge on any atom is -0.304 e. The van der Waals surface area contributed by atoms with Crippen LogP contribution in [0.2, 0.25) is 0 Å². The summed E-state index contributed by atoms with van der Waals surface area (Å²) in [5.41, 5.74) is 0. The molecular weight excluding hydrogens is 337 g/mol. The Morgan fingerprint density at radius 2 is 1.09 bits per heavy atom. The van der Waals surface area contributed by atoms with E-state index in [0.29, 0.717) is 0 Å². The zero-order valence-electron chi connectivity index (χ0n) is 7.28. The zero-order chi connectivity index (χ0) is 9.28. The van der Waals surface area contributed by atoms with Gasteiger partial charge in [-0.05, 0) is 19.6 Å². The lowest BCUT2D eigenvalue weighted by molar-refractivity contribution is 0.321. The molecule has 5 heteroatoms. The highest BCUT2D eigenvalue weighted by molar-refractivity contribution is 9.69. The van der Waals surface area contributed by atoms with Crippen LogP contribution in [0, 0.1) is 0 Å². The van der Waals surface area contributed by atoms with Crippen molar-refractivity contribution in [1.29, 1.82) is 0 Å². The van der Waals surface area contributed by atoms with Crippen LogP contribution in [0.4, 0.5) is 0 Å².